The maximum absolute atomic E-state index is 13.1. The number of halogens is 1. The summed E-state index contributed by atoms with van der Waals surface area (Å²) >= 11 is 7.38. The first-order valence-electron chi connectivity index (χ1n) is 10.1. The summed E-state index contributed by atoms with van der Waals surface area (Å²) < 4.78 is 26.1. The number of nitro benzene ring substituents is 1. The van der Waals surface area contributed by atoms with Gasteiger partial charge in [-0.15, -0.1) is 11.3 Å². The van der Waals surface area contributed by atoms with Crippen LogP contribution in [0.2, 0.25) is 5.02 Å². The first kappa shape index (κ1) is 22.7. The molecular formula is C22H22ClN3O4S2. The molecule has 1 aromatic heterocycles. The van der Waals surface area contributed by atoms with Gasteiger partial charge in [0.15, 0.2) is 15.0 Å². The van der Waals surface area contributed by atoms with Crippen LogP contribution in [0.15, 0.2) is 46.7 Å². The monoisotopic (exact) mass is 491 g/mol. The van der Waals surface area contributed by atoms with Crippen molar-refractivity contribution >= 4 is 43.6 Å². The quantitative estimate of drug-likeness (QED) is 0.349. The van der Waals surface area contributed by atoms with E-state index in [9.17, 15) is 18.5 Å². The number of aromatic nitrogens is 1. The van der Waals surface area contributed by atoms with Crippen LogP contribution in [0.4, 0.5) is 10.8 Å². The standard InChI is InChI=1S/C22H22ClN3O4S2/c1-14-3-4-16(11-15(14)2)20-13-31-22(24-20)25-9-7-17(8-10-25)32(29,30)18-5-6-19(23)21(12-18)26(27)28/h3-6,11-13,17H,7-10H2,1-2H3. The second-order valence-corrected chi connectivity index (χ2v) is 11.4. The molecular weight excluding hydrogens is 470 g/mol. The molecule has 0 N–H and O–H groups in total. The van der Waals surface area contributed by atoms with Crippen molar-refractivity contribution in [2.45, 2.75) is 36.8 Å². The lowest BCUT2D eigenvalue weighted by Crippen LogP contribution is -2.39. The summed E-state index contributed by atoms with van der Waals surface area (Å²) in [6.45, 7) is 5.26. The average molecular weight is 492 g/mol. The predicted octanol–water partition coefficient (Wildman–Crippen LogP) is 5.43. The van der Waals surface area contributed by atoms with Crippen LogP contribution in [-0.4, -0.2) is 36.7 Å². The van der Waals surface area contributed by atoms with Crippen LogP contribution in [0, 0.1) is 24.0 Å². The van der Waals surface area contributed by atoms with E-state index in [1.165, 1.54) is 23.3 Å². The molecule has 1 aliphatic heterocycles. The molecule has 1 fully saturated rings. The number of anilines is 1. The first-order valence-corrected chi connectivity index (χ1v) is 12.9. The first-order chi connectivity index (χ1) is 15.2. The Kier molecular flexibility index (Phi) is 6.24. The number of hydrogen-bond donors (Lipinski definition) is 0. The molecule has 0 bridgehead atoms. The Balaban J connectivity index is 1.47. The Hall–Kier alpha value is -2.49. The fourth-order valence-electron chi connectivity index (χ4n) is 3.80. The molecule has 0 aliphatic carbocycles. The highest BCUT2D eigenvalue weighted by Crippen LogP contribution is 2.34. The lowest BCUT2D eigenvalue weighted by Gasteiger charge is -2.31. The number of hydrogen-bond acceptors (Lipinski definition) is 7. The third kappa shape index (κ3) is 4.37. The highest BCUT2D eigenvalue weighted by molar-refractivity contribution is 7.92. The van der Waals surface area contributed by atoms with Gasteiger partial charge >= 0.3 is 0 Å². The molecule has 1 saturated heterocycles. The van der Waals surface area contributed by atoms with Crippen LogP contribution >= 0.6 is 22.9 Å². The molecule has 3 aromatic rings. The summed E-state index contributed by atoms with van der Waals surface area (Å²) in [6.07, 6.45) is 0.856. The van der Waals surface area contributed by atoms with Crippen molar-refractivity contribution in [1.29, 1.82) is 0 Å². The van der Waals surface area contributed by atoms with E-state index in [-0.39, 0.29) is 9.92 Å². The van der Waals surface area contributed by atoms with Crippen LogP contribution in [0.3, 0.4) is 0 Å². The zero-order valence-corrected chi connectivity index (χ0v) is 20.0. The van der Waals surface area contributed by atoms with Gasteiger partial charge in [-0.3, -0.25) is 10.1 Å². The van der Waals surface area contributed by atoms with Crippen LogP contribution in [0.5, 0.6) is 0 Å². The molecule has 2 aromatic carbocycles. The van der Waals surface area contributed by atoms with Gasteiger partial charge in [0, 0.05) is 30.1 Å². The molecule has 32 heavy (non-hydrogen) atoms. The van der Waals surface area contributed by atoms with Crippen molar-refractivity contribution in [2.24, 2.45) is 0 Å². The van der Waals surface area contributed by atoms with Gasteiger partial charge in [-0.25, -0.2) is 13.4 Å². The van der Waals surface area contributed by atoms with Crippen molar-refractivity contribution in [1.82, 2.24) is 4.98 Å². The number of nitro groups is 1. The number of piperidine rings is 1. The highest BCUT2D eigenvalue weighted by Gasteiger charge is 2.33. The van der Waals surface area contributed by atoms with E-state index in [2.05, 4.69) is 36.9 Å². The molecule has 0 atom stereocenters. The van der Waals surface area contributed by atoms with Crippen molar-refractivity contribution in [3.63, 3.8) is 0 Å². The molecule has 4 rings (SSSR count). The van der Waals surface area contributed by atoms with E-state index in [4.69, 9.17) is 16.6 Å². The van der Waals surface area contributed by atoms with E-state index in [1.54, 1.807) is 11.3 Å². The zero-order valence-electron chi connectivity index (χ0n) is 17.6. The number of nitrogens with zero attached hydrogens (tertiary/aromatic N) is 3. The van der Waals surface area contributed by atoms with Crippen LogP contribution in [0.25, 0.3) is 11.3 Å². The minimum atomic E-state index is -3.69. The predicted molar refractivity (Wildman–Crippen MR) is 128 cm³/mol. The van der Waals surface area contributed by atoms with E-state index >= 15 is 0 Å². The molecule has 7 nitrogen and oxygen atoms in total. The molecule has 2 heterocycles. The normalized spacial score (nSPS) is 15.2. The Morgan fingerprint density at radius 2 is 1.84 bits per heavy atom. The Labute approximate surface area is 195 Å². The lowest BCUT2D eigenvalue weighted by molar-refractivity contribution is -0.384. The summed E-state index contributed by atoms with van der Waals surface area (Å²) in [5.41, 5.74) is 4.03. The summed E-state index contributed by atoms with van der Waals surface area (Å²) in [5, 5.41) is 13.3. The van der Waals surface area contributed by atoms with Gasteiger partial charge in [0.25, 0.3) is 5.69 Å². The summed E-state index contributed by atoms with van der Waals surface area (Å²) in [6, 6.07) is 9.94. The Morgan fingerprint density at radius 1 is 1.12 bits per heavy atom. The number of rotatable bonds is 5. The Bertz CT molecular complexity index is 1280. The molecule has 1 aliphatic rings. The third-order valence-electron chi connectivity index (χ3n) is 5.89. The number of benzene rings is 2. The Morgan fingerprint density at radius 3 is 2.50 bits per heavy atom. The maximum atomic E-state index is 13.1. The molecule has 0 unspecified atom stereocenters. The van der Waals surface area contributed by atoms with Crippen LogP contribution in [-0.2, 0) is 9.84 Å². The SMILES string of the molecule is Cc1ccc(-c2csc(N3CCC(S(=O)(=O)c4ccc(Cl)c([N+](=O)[O-])c4)CC3)n2)cc1C. The smallest absolute Gasteiger partial charge is 0.289 e. The number of aryl methyl sites for hydroxylation is 2. The average Bonchev–Trinajstić information content (AvgIpc) is 3.26. The zero-order chi connectivity index (χ0) is 23.0. The van der Waals surface area contributed by atoms with E-state index in [0.29, 0.717) is 25.9 Å². The van der Waals surface area contributed by atoms with Crippen molar-refractivity contribution in [3.8, 4) is 11.3 Å². The number of sulfone groups is 1. The minimum absolute atomic E-state index is 0.0571. The van der Waals surface area contributed by atoms with Gasteiger partial charge < -0.3 is 4.90 Å². The molecule has 0 spiro atoms. The van der Waals surface area contributed by atoms with Gasteiger partial charge in [0.05, 0.1) is 20.8 Å². The van der Waals surface area contributed by atoms with Gasteiger partial charge in [-0.05, 0) is 56.0 Å². The van der Waals surface area contributed by atoms with Crippen LogP contribution in [0.1, 0.15) is 24.0 Å². The number of thiazole rings is 1. The van der Waals surface area contributed by atoms with E-state index in [0.717, 1.165) is 22.5 Å². The molecule has 10 heteroatoms. The maximum Gasteiger partial charge on any atom is 0.289 e. The topological polar surface area (TPSA) is 93.4 Å². The molecule has 0 radical (unpaired) electrons. The summed E-state index contributed by atoms with van der Waals surface area (Å²) in [5.74, 6) is 0. The summed E-state index contributed by atoms with van der Waals surface area (Å²) in [4.78, 5) is 17.3. The second-order valence-electron chi connectivity index (χ2n) is 7.92. The van der Waals surface area contributed by atoms with E-state index in [1.807, 2.05) is 5.38 Å². The van der Waals surface area contributed by atoms with Gasteiger partial charge in [0.1, 0.15) is 5.02 Å². The minimum Gasteiger partial charge on any atom is -0.348 e. The van der Waals surface area contributed by atoms with Gasteiger partial charge in [-0.2, -0.15) is 0 Å². The van der Waals surface area contributed by atoms with Gasteiger partial charge in [-0.1, -0.05) is 23.7 Å². The van der Waals surface area contributed by atoms with Crippen molar-refractivity contribution in [2.75, 3.05) is 18.0 Å². The molecule has 168 valence electrons. The van der Waals surface area contributed by atoms with Gasteiger partial charge in [0.2, 0.25) is 0 Å². The molecule has 0 saturated carbocycles. The largest absolute Gasteiger partial charge is 0.348 e. The summed E-state index contributed by atoms with van der Waals surface area (Å²) in [7, 11) is -3.69. The van der Waals surface area contributed by atoms with E-state index < -0.39 is 25.7 Å². The highest BCUT2D eigenvalue weighted by atomic mass is 35.5. The fraction of sp³-hybridized carbons (Fsp3) is 0.318. The van der Waals surface area contributed by atoms with Crippen molar-refractivity contribution in [3.05, 3.63) is 68.0 Å². The molecule has 0 amide bonds. The fourth-order valence-corrected chi connectivity index (χ4v) is 6.63. The van der Waals surface area contributed by atoms with Crippen LogP contribution < -0.4 is 4.90 Å². The second kappa shape index (κ2) is 8.80. The third-order valence-corrected chi connectivity index (χ3v) is 9.37. The van der Waals surface area contributed by atoms with Crippen molar-refractivity contribution < 1.29 is 13.3 Å². The lowest BCUT2D eigenvalue weighted by atomic mass is 10.1.